The van der Waals surface area contributed by atoms with Gasteiger partial charge in [0.1, 0.15) is 12.1 Å². The smallest absolute Gasteiger partial charge is 0.414 e. The highest BCUT2D eigenvalue weighted by molar-refractivity contribution is 6.42. The molecule has 158 valence electrons. The number of alkyl carbamates (subject to hydrolysis) is 1. The van der Waals surface area contributed by atoms with Crippen LogP contribution in [-0.2, 0) is 9.53 Å². The summed E-state index contributed by atoms with van der Waals surface area (Å²) in [6.07, 6.45) is -0.729. The predicted molar refractivity (Wildman–Crippen MR) is 115 cm³/mol. The van der Waals surface area contributed by atoms with Gasteiger partial charge in [0.25, 0.3) is 0 Å². The third-order valence-corrected chi connectivity index (χ3v) is 4.32. The monoisotopic (exact) mass is 441 g/mol. The molecule has 0 saturated carbocycles. The third-order valence-electron chi connectivity index (χ3n) is 3.58. The van der Waals surface area contributed by atoms with E-state index in [1.165, 1.54) is 6.07 Å². The number of carbonyl (C=O) groups excluding carboxylic acids is 2. The second-order valence-corrected chi connectivity index (χ2v) is 9.22. The Morgan fingerprint density at radius 1 is 1.17 bits per heavy atom. The molecule has 1 aliphatic rings. The van der Waals surface area contributed by atoms with Crippen LogP contribution in [0.4, 0.5) is 10.5 Å². The SMILES string of the molecule is CC(C)(C)OC(=O)NC(=Nc1ccc(Cl)c(Cl)c1)/N=C1/NC(=O)CN1C(C)(C)C. The van der Waals surface area contributed by atoms with E-state index in [0.29, 0.717) is 15.7 Å². The number of nitrogens with one attached hydrogen (secondary N) is 2. The highest BCUT2D eigenvalue weighted by Crippen LogP contribution is 2.26. The summed E-state index contributed by atoms with van der Waals surface area (Å²) in [5.41, 5.74) is -0.662. The van der Waals surface area contributed by atoms with Crippen LogP contribution in [-0.4, -0.2) is 46.5 Å². The van der Waals surface area contributed by atoms with E-state index < -0.39 is 11.7 Å². The molecule has 0 spiro atoms. The molecule has 8 nitrogen and oxygen atoms in total. The van der Waals surface area contributed by atoms with Crippen LogP contribution in [0.25, 0.3) is 0 Å². The van der Waals surface area contributed by atoms with Crippen LogP contribution in [0, 0.1) is 0 Å². The molecule has 0 radical (unpaired) electrons. The molecule has 29 heavy (non-hydrogen) atoms. The lowest BCUT2D eigenvalue weighted by molar-refractivity contribution is -0.118. The van der Waals surface area contributed by atoms with Gasteiger partial charge in [-0.2, -0.15) is 4.99 Å². The van der Waals surface area contributed by atoms with Gasteiger partial charge in [0.15, 0.2) is 0 Å². The Bertz CT molecular complexity index is 870. The fourth-order valence-corrected chi connectivity index (χ4v) is 2.64. The molecule has 1 saturated heterocycles. The van der Waals surface area contributed by atoms with E-state index >= 15 is 0 Å². The van der Waals surface area contributed by atoms with Gasteiger partial charge in [0, 0.05) is 5.54 Å². The van der Waals surface area contributed by atoms with Gasteiger partial charge in [0.2, 0.25) is 17.8 Å². The minimum absolute atomic E-state index is 0.0657. The zero-order chi connectivity index (χ0) is 22.0. The lowest BCUT2D eigenvalue weighted by Gasteiger charge is -2.31. The van der Waals surface area contributed by atoms with Crippen LogP contribution in [0.3, 0.4) is 0 Å². The maximum Gasteiger partial charge on any atom is 0.414 e. The zero-order valence-electron chi connectivity index (χ0n) is 17.3. The molecular weight excluding hydrogens is 417 g/mol. The molecule has 0 aromatic heterocycles. The predicted octanol–water partition coefficient (Wildman–Crippen LogP) is 4.09. The molecule has 1 heterocycles. The molecule has 0 unspecified atom stereocenters. The molecule has 10 heteroatoms. The van der Waals surface area contributed by atoms with Crippen molar-refractivity contribution in [3.8, 4) is 0 Å². The molecule has 1 fully saturated rings. The Morgan fingerprint density at radius 3 is 2.38 bits per heavy atom. The molecule has 2 rings (SSSR count). The highest BCUT2D eigenvalue weighted by Gasteiger charge is 2.34. The first-order valence-electron chi connectivity index (χ1n) is 8.94. The van der Waals surface area contributed by atoms with Crippen molar-refractivity contribution in [3.05, 3.63) is 28.2 Å². The number of carbonyl (C=O) groups is 2. The number of benzene rings is 1. The van der Waals surface area contributed by atoms with Crippen molar-refractivity contribution in [2.75, 3.05) is 6.54 Å². The van der Waals surface area contributed by atoms with E-state index in [1.807, 2.05) is 20.8 Å². The van der Waals surface area contributed by atoms with Gasteiger partial charge in [-0.05, 0) is 59.7 Å². The van der Waals surface area contributed by atoms with E-state index in [4.69, 9.17) is 27.9 Å². The minimum Gasteiger partial charge on any atom is -0.444 e. The largest absolute Gasteiger partial charge is 0.444 e. The molecular formula is C19H25Cl2N5O3. The Kier molecular flexibility index (Phi) is 6.80. The molecule has 1 aromatic carbocycles. The minimum atomic E-state index is -0.729. The summed E-state index contributed by atoms with van der Waals surface area (Å²) in [7, 11) is 0. The number of guanidine groups is 2. The van der Waals surface area contributed by atoms with Crippen molar-refractivity contribution < 1.29 is 14.3 Å². The van der Waals surface area contributed by atoms with Crippen LogP contribution < -0.4 is 10.6 Å². The Morgan fingerprint density at radius 2 is 1.83 bits per heavy atom. The average Bonchev–Trinajstić information content (AvgIpc) is 2.89. The van der Waals surface area contributed by atoms with E-state index in [-0.39, 0.29) is 29.9 Å². The van der Waals surface area contributed by atoms with E-state index in [2.05, 4.69) is 20.6 Å². The second kappa shape index (κ2) is 8.59. The Balaban J connectivity index is 2.43. The van der Waals surface area contributed by atoms with Crippen molar-refractivity contribution in [2.45, 2.75) is 52.7 Å². The summed E-state index contributed by atoms with van der Waals surface area (Å²) in [4.78, 5) is 34.7. The van der Waals surface area contributed by atoms with Crippen LogP contribution >= 0.6 is 23.2 Å². The zero-order valence-corrected chi connectivity index (χ0v) is 18.8. The number of ether oxygens (including phenoxy) is 1. The molecule has 1 aliphatic heterocycles. The van der Waals surface area contributed by atoms with E-state index in [9.17, 15) is 9.59 Å². The molecule has 0 aliphatic carbocycles. The van der Waals surface area contributed by atoms with Crippen LogP contribution in [0.5, 0.6) is 0 Å². The quantitative estimate of drug-likeness (QED) is 0.506. The highest BCUT2D eigenvalue weighted by atomic mass is 35.5. The summed E-state index contributed by atoms with van der Waals surface area (Å²) < 4.78 is 5.28. The fraction of sp³-hybridized carbons (Fsp3) is 0.474. The van der Waals surface area contributed by atoms with E-state index in [1.54, 1.807) is 37.8 Å². The normalized spacial score (nSPS) is 16.8. The first-order chi connectivity index (χ1) is 13.2. The lowest BCUT2D eigenvalue weighted by Crippen LogP contribution is -2.45. The van der Waals surface area contributed by atoms with Gasteiger partial charge in [0.05, 0.1) is 15.7 Å². The van der Waals surface area contributed by atoms with Crippen LogP contribution in [0.15, 0.2) is 28.2 Å². The van der Waals surface area contributed by atoms with Gasteiger partial charge in [-0.3, -0.25) is 15.4 Å². The number of aliphatic imine (C=N–C) groups is 2. The summed E-state index contributed by atoms with van der Waals surface area (Å²) in [5.74, 6) is 0.00582. The molecule has 1 aromatic rings. The van der Waals surface area contributed by atoms with Crippen LogP contribution in [0.1, 0.15) is 41.5 Å². The molecule has 2 amide bonds. The van der Waals surface area contributed by atoms with Gasteiger partial charge in [-0.25, -0.2) is 9.79 Å². The van der Waals surface area contributed by atoms with Gasteiger partial charge in [-0.1, -0.05) is 23.2 Å². The summed E-state index contributed by atoms with van der Waals surface area (Å²) in [5, 5.41) is 5.89. The first-order valence-corrected chi connectivity index (χ1v) is 9.70. The standard InChI is InChI=1S/C19H25Cl2N5O3/c1-18(2,3)26-10-14(27)23-16(26)24-15(25-17(28)29-19(4,5)6)22-11-7-8-12(20)13(21)9-11/h7-9H,10H2,1-6H3,(H2,22,23,24,25,27,28). The molecule has 0 bridgehead atoms. The van der Waals surface area contributed by atoms with Crippen molar-refractivity contribution >= 4 is 52.8 Å². The van der Waals surface area contributed by atoms with Crippen molar-refractivity contribution in [1.29, 1.82) is 0 Å². The first kappa shape index (κ1) is 23.0. The summed E-state index contributed by atoms with van der Waals surface area (Å²) in [6.45, 7) is 11.2. The van der Waals surface area contributed by atoms with Crippen molar-refractivity contribution in [2.24, 2.45) is 9.98 Å². The number of amides is 2. The van der Waals surface area contributed by atoms with Crippen LogP contribution in [0.2, 0.25) is 10.0 Å². The Hall–Kier alpha value is -2.32. The van der Waals surface area contributed by atoms with Gasteiger partial charge in [-0.15, -0.1) is 0 Å². The average molecular weight is 442 g/mol. The number of hydrogen-bond acceptors (Lipinski definition) is 4. The van der Waals surface area contributed by atoms with Gasteiger partial charge >= 0.3 is 6.09 Å². The Labute approximate surface area is 180 Å². The van der Waals surface area contributed by atoms with Gasteiger partial charge < -0.3 is 9.64 Å². The maximum atomic E-state index is 12.3. The summed E-state index contributed by atoms with van der Waals surface area (Å²) in [6, 6.07) is 4.75. The lowest BCUT2D eigenvalue weighted by atomic mass is 10.1. The topological polar surface area (TPSA) is 95.4 Å². The number of halogens is 2. The van der Waals surface area contributed by atoms with Crippen molar-refractivity contribution in [1.82, 2.24) is 15.5 Å². The fourth-order valence-electron chi connectivity index (χ4n) is 2.35. The summed E-state index contributed by atoms with van der Waals surface area (Å²) >= 11 is 12.0. The third kappa shape index (κ3) is 6.90. The second-order valence-electron chi connectivity index (χ2n) is 8.40. The molecule has 2 N–H and O–H groups in total. The maximum absolute atomic E-state index is 12.3. The van der Waals surface area contributed by atoms with Crippen molar-refractivity contribution in [3.63, 3.8) is 0 Å². The van der Waals surface area contributed by atoms with E-state index in [0.717, 1.165) is 0 Å². The number of hydrogen-bond donors (Lipinski definition) is 2. The molecule has 0 atom stereocenters. The number of rotatable bonds is 1. The number of nitrogens with zero attached hydrogens (tertiary/aromatic N) is 3.